The van der Waals surface area contributed by atoms with Crippen molar-refractivity contribution in [1.82, 2.24) is 0 Å². The van der Waals surface area contributed by atoms with Crippen LogP contribution in [0.2, 0.25) is 0 Å². The number of carbonyl (C=O) groups is 1. The van der Waals surface area contributed by atoms with Gasteiger partial charge in [-0.05, 0) is 42.8 Å². The summed E-state index contributed by atoms with van der Waals surface area (Å²) in [5, 5.41) is 2.86. The van der Waals surface area contributed by atoms with E-state index in [1.165, 1.54) is 12.8 Å². The summed E-state index contributed by atoms with van der Waals surface area (Å²) in [6.07, 6.45) is 4.56. The molecule has 0 bridgehead atoms. The topological polar surface area (TPSA) is 64.3 Å². The van der Waals surface area contributed by atoms with Crippen LogP contribution in [0.3, 0.4) is 0 Å². The van der Waals surface area contributed by atoms with Gasteiger partial charge in [-0.1, -0.05) is 38.3 Å². The smallest absolute Gasteiger partial charge is 0.259 e. The van der Waals surface area contributed by atoms with Gasteiger partial charge in [0, 0.05) is 11.4 Å². The standard InChI is InChI=1S/C19H24N2O2/c1-2-3-4-7-14-23-18-9-6-5-8-17(18)19(22)21-16-12-10-15(20)11-13-16/h5-6,8-13H,2-4,7,14,20H2,1H3,(H,21,22). The molecule has 2 aromatic carbocycles. The van der Waals surface area contributed by atoms with Gasteiger partial charge >= 0.3 is 0 Å². The Morgan fingerprint density at radius 1 is 1.04 bits per heavy atom. The lowest BCUT2D eigenvalue weighted by Crippen LogP contribution is -2.14. The molecule has 0 aromatic heterocycles. The van der Waals surface area contributed by atoms with Crippen molar-refractivity contribution >= 4 is 17.3 Å². The van der Waals surface area contributed by atoms with Crippen LogP contribution < -0.4 is 15.8 Å². The number of nitrogen functional groups attached to an aromatic ring is 1. The van der Waals surface area contributed by atoms with Gasteiger partial charge in [0.05, 0.1) is 12.2 Å². The van der Waals surface area contributed by atoms with Crippen LogP contribution in [0.4, 0.5) is 11.4 Å². The average Bonchev–Trinajstić information content (AvgIpc) is 2.57. The molecule has 0 saturated heterocycles. The Hall–Kier alpha value is -2.49. The van der Waals surface area contributed by atoms with Crippen LogP contribution in [0.1, 0.15) is 43.0 Å². The van der Waals surface area contributed by atoms with Gasteiger partial charge in [-0.25, -0.2) is 0 Å². The maximum atomic E-state index is 12.4. The number of para-hydroxylation sites is 1. The van der Waals surface area contributed by atoms with E-state index < -0.39 is 0 Å². The molecule has 23 heavy (non-hydrogen) atoms. The molecule has 122 valence electrons. The number of hydrogen-bond donors (Lipinski definition) is 2. The monoisotopic (exact) mass is 312 g/mol. The highest BCUT2D eigenvalue weighted by atomic mass is 16.5. The van der Waals surface area contributed by atoms with Crippen LogP contribution in [0, 0.1) is 0 Å². The van der Waals surface area contributed by atoms with Crippen LogP contribution in [-0.2, 0) is 0 Å². The lowest BCUT2D eigenvalue weighted by atomic mass is 10.1. The van der Waals surface area contributed by atoms with Gasteiger partial charge in [-0.2, -0.15) is 0 Å². The molecule has 0 saturated carbocycles. The summed E-state index contributed by atoms with van der Waals surface area (Å²) in [5.41, 5.74) is 7.57. The van der Waals surface area contributed by atoms with Gasteiger partial charge in [0.1, 0.15) is 5.75 Å². The zero-order chi connectivity index (χ0) is 16.5. The molecular weight excluding hydrogens is 288 g/mol. The first kappa shape index (κ1) is 16.9. The molecule has 0 radical (unpaired) electrons. The summed E-state index contributed by atoms with van der Waals surface area (Å²) in [5.74, 6) is 0.441. The molecule has 4 nitrogen and oxygen atoms in total. The molecule has 0 atom stereocenters. The number of carbonyl (C=O) groups excluding carboxylic acids is 1. The summed E-state index contributed by atoms with van der Waals surface area (Å²) >= 11 is 0. The SMILES string of the molecule is CCCCCCOc1ccccc1C(=O)Nc1ccc(N)cc1. The summed E-state index contributed by atoms with van der Waals surface area (Å²) in [6, 6.07) is 14.4. The highest BCUT2D eigenvalue weighted by molar-refractivity contribution is 6.06. The van der Waals surface area contributed by atoms with Gasteiger partial charge in [-0.15, -0.1) is 0 Å². The molecular formula is C19H24N2O2. The van der Waals surface area contributed by atoms with E-state index >= 15 is 0 Å². The van der Waals surface area contributed by atoms with Crippen LogP contribution in [0.15, 0.2) is 48.5 Å². The first-order chi connectivity index (χ1) is 11.2. The van der Waals surface area contributed by atoms with Crippen molar-refractivity contribution in [2.24, 2.45) is 0 Å². The third-order valence-electron chi connectivity index (χ3n) is 3.56. The van der Waals surface area contributed by atoms with Crippen molar-refractivity contribution in [3.05, 3.63) is 54.1 Å². The summed E-state index contributed by atoms with van der Waals surface area (Å²) < 4.78 is 5.78. The van der Waals surface area contributed by atoms with Crippen molar-refractivity contribution in [3.8, 4) is 5.75 Å². The van der Waals surface area contributed by atoms with E-state index in [9.17, 15) is 4.79 Å². The number of benzene rings is 2. The zero-order valence-electron chi connectivity index (χ0n) is 13.5. The van der Waals surface area contributed by atoms with E-state index in [4.69, 9.17) is 10.5 Å². The Bertz CT molecular complexity index is 624. The van der Waals surface area contributed by atoms with Crippen molar-refractivity contribution < 1.29 is 9.53 Å². The number of ether oxygens (including phenoxy) is 1. The molecule has 3 N–H and O–H groups in total. The maximum Gasteiger partial charge on any atom is 0.259 e. The van der Waals surface area contributed by atoms with Crippen molar-refractivity contribution in [2.75, 3.05) is 17.7 Å². The Morgan fingerprint density at radius 3 is 2.52 bits per heavy atom. The second-order valence-electron chi connectivity index (χ2n) is 5.48. The minimum atomic E-state index is -0.182. The Labute approximate surface area is 137 Å². The fourth-order valence-corrected chi connectivity index (χ4v) is 2.26. The Kier molecular flexibility index (Phi) is 6.48. The number of unbranched alkanes of at least 4 members (excludes halogenated alkanes) is 3. The second kappa shape index (κ2) is 8.83. The van der Waals surface area contributed by atoms with Crippen LogP contribution in [-0.4, -0.2) is 12.5 Å². The molecule has 2 aromatic rings. The third-order valence-corrected chi connectivity index (χ3v) is 3.56. The molecule has 0 unspecified atom stereocenters. The molecule has 0 aliphatic rings. The average molecular weight is 312 g/mol. The Morgan fingerprint density at radius 2 is 1.78 bits per heavy atom. The van der Waals surface area contributed by atoms with Gasteiger partial charge < -0.3 is 15.8 Å². The lowest BCUT2D eigenvalue weighted by molar-refractivity contribution is 0.102. The van der Waals surface area contributed by atoms with E-state index in [2.05, 4.69) is 12.2 Å². The molecule has 0 spiro atoms. The van der Waals surface area contributed by atoms with Crippen molar-refractivity contribution in [3.63, 3.8) is 0 Å². The number of hydrogen-bond acceptors (Lipinski definition) is 3. The normalized spacial score (nSPS) is 10.3. The maximum absolute atomic E-state index is 12.4. The lowest BCUT2D eigenvalue weighted by Gasteiger charge is -2.12. The van der Waals surface area contributed by atoms with E-state index in [1.807, 2.05) is 18.2 Å². The van der Waals surface area contributed by atoms with E-state index in [1.54, 1.807) is 30.3 Å². The van der Waals surface area contributed by atoms with Crippen LogP contribution >= 0.6 is 0 Å². The fourth-order valence-electron chi connectivity index (χ4n) is 2.26. The highest BCUT2D eigenvalue weighted by Crippen LogP contribution is 2.20. The van der Waals surface area contributed by atoms with Crippen LogP contribution in [0.25, 0.3) is 0 Å². The number of rotatable bonds is 8. The van der Waals surface area contributed by atoms with Gasteiger partial charge in [0.15, 0.2) is 0 Å². The summed E-state index contributed by atoms with van der Waals surface area (Å²) in [7, 11) is 0. The third kappa shape index (κ3) is 5.33. The quantitative estimate of drug-likeness (QED) is 0.558. The van der Waals surface area contributed by atoms with E-state index in [-0.39, 0.29) is 5.91 Å². The first-order valence-corrected chi connectivity index (χ1v) is 8.09. The number of amides is 1. The minimum absolute atomic E-state index is 0.182. The first-order valence-electron chi connectivity index (χ1n) is 8.09. The van der Waals surface area contributed by atoms with Crippen molar-refractivity contribution in [2.45, 2.75) is 32.6 Å². The zero-order valence-corrected chi connectivity index (χ0v) is 13.5. The van der Waals surface area contributed by atoms with Crippen molar-refractivity contribution in [1.29, 1.82) is 0 Å². The highest BCUT2D eigenvalue weighted by Gasteiger charge is 2.12. The number of anilines is 2. The van der Waals surface area contributed by atoms with Gasteiger partial charge in [0.2, 0.25) is 0 Å². The second-order valence-corrected chi connectivity index (χ2v) is 5.48. The predicted molar refractivity (Wildman–Crippen MR) is 94.9 cm³/mol. The molecule has 1 amide bonds. The van der Waals surface area contributed by atoms with Crippen LogP contribution in [0.5, 0.6) is 5.75 Å². The summed E-state index contributed by atoms with van der Waals surface area (Å²) in [6.45, 7) is 2.81. The molecule has 0 aliphatic heterocycles. The number of nitrogens with one attached hydrogen (secondary N) is 1. The minimum Gasteiger partial charge on any atom is -0.493 e. The van der Waals surface area contributed by atoms with Gasteiger partial charge in [0.25, 0.3) is 5.91 Å². The molecule has 2 rings (SSSR count). The molecule has 0 heterocycles. The summed E-state index contributed by atoms with van der Waals surface area (Å²) in [4.78, 5) is 12.4. The van der Waals surface area contributed by atoms with E-state index in [0.29, 0.717) is 29.3 Å². The molecule has 4 heteroatoms. The largest absolute Gasteiger partial charge is 0.493 e. The molecule has 0 aliphatic carbocycles. The van der Waals surface area contributed by atoms with E-state index in [0.717, 1.165) is 12.8 Å². The predicted octanol–water partition coefficient (Wildman–Crippen LogP) is 4.48. The Balaban J connectivity index is 1.98. The van der Waals surface area contributed by atoms with Gasteiger partial charge in [-0.3, -0.25) is 4.79 Å². The number of nitrogens with two attached hydrogens (primary N) is 1. The fraction of sp³-hybridized carbons (Fsp3) is 0.316. The molecule has 0 fully saturated rings.